The van der Waals surface area contributed by atoms with Crippen molar-refractivity contribution in [3.8, 4) is 45.2 Å². The average Bonchev–Trinajstić information content (AvgIpc) is 3.58. The molecule has 8 aromatic rings. The van der Waals surface area contributed by atoms with Gasteiger partial charge in [0, 0.05) is 28.3 Å². The Morgan fingerprint density at radius 3 is 1.73 bits per heavy atom. The minimum absolute atomic E-state index is 0.205. The van der Waals surface area contributed by atoms with Crippen LogP contribution in [-0.4, -0.2) is 24.6 Å². The Balaban J connectivity index is 1.41. The molecule has 0 spiro atoms. The molecule has 0 saturated carbocycles. The maximum absolute atomic E-state index is 12.2. The second-order valence-electron chi connectivity index (χ2n) is 20.4. The van der Waals surface area contributed by atoms with Crippen LogP contribution in [0.1, 0.15) is 130 Å². The molecule has 3 heterocycles. The average molecular weight is 793 g/mol. The molecule has 60 heavy (non-hydrogen) atoms. The van der Waals surface area contributed by atoms with Crippen LogP contribution < -0.4 is 0 Å². The van der Waals surface area contributed by atoms with Gasteiger partial charge in [-0.05, 0) is 104 Å². The lowest BCUT2D eigenvalue weighted by Gasteiger charge is -2.28. The first kappa shape index (κ1) is 40.9. The van der Waals surface area contributed by atoms with E-state index in [-0.39, 0.29) is 33.8 Å². The molecule has 0 aliphatic heterocycles. The number of hydrogen-bond donors (Lipinski definition) is 1. The van der Waals surface area contributed by atoms with Gasteiger partial charge in [0.1, 0.15) is 11.6 Å². The number of aromatic hydroxyl groups is 1. The number of phenols is 1. The number of hydrogen-bond acceptors (Lipinski definition) is 4. The standard InChI is InChI=1S/C55H60N4O/c1-32(2)38-27-37(34-20-15-14-16-21-34)28-39(33(3)4)50(38)59-46-25-18-17-24-44(46)58-52(59)36-23-19-22-35(26-36)45-30-41(53(5,6)7)40-31-56-49-42(54(8,9)10)29-43(55(11,12)13)51(60)47(49)48(40)57-45/h14-33,60H,1-13H3. The molecule has 5 aromatic carbocycles. The summed E-state index contributed by atoms with van der Waals surface area (Å²) in [7, 11) is 0. The second-order valence-corrected chi connectivity index (χ2v) is 20.4. The van der Waals surface area contributed by atoms with Crippen molar-refractivity contribution in [3.63, 3.8) is 0 Å². The van der Waals surface area contributed by atoms with E-state index in [2.05, 4.69) is 198 Å². The fourth-order valence-electron chi connectivity index (χ4n) is 8.82. The van der Waals surface area contributed by atoms with Crippen LogP contribution in [0.5, 0.6) is 5.75 Å². The number of imidazole rings is 1. The van der Waals surface area contributed by atoms with E-state index in [1.54, 1.807) is 0 Å². The number of benzene rings is 5. The molecular weight excluding hydrogens is 733 g/mol. The first-order valence-corrected chi connectivity index (χ1v) is 21.6. The van der Waals surface area contributed by atoms with Gasteiger partial charge in [0.25, 0.3) is 0 Å². The number of para-hydroxylation sites is 2. The summed E-state index contributed by atoms with van der Waals surface area (Å²) in [4.78, 5) is 16.0. The van der Waals surface area contributed by atoms with Gasteiger partial charge < -0.3 is 5.11 Å². The molecular formula is C55H60N4O. The van der Waals surface area contributed by atoms with Crippen molar-refractivity contribution in [2.45, 2.75) is 118 Å². The monoisotopic (exact) mass is 792 g/mol. The van der Waals surface area contributed by atoms with Crippen molar-refractivity contribution in [3.05, 3.63) is 137 Å². The largest absolute Gasteiger partial charge is 0.507 e. The fraction of sp³-hybridized carbons (Fsp3) is 0.327. The number of aromatic nitrogens is 4. The molecule has 0 saturated heterocycles. The predicted molar refractivity (Wildman–Crippen MR) is 254 cm³/mol. The van der Waals surface area contributed by atoms with Gasteiger partial charge in [-0.1, -0.05) is 151 Å². The van der Waals surface area contributed by atoms with Gasteiger partial charge in [0.15, 0.2) is 0 Å². The normalized spacial score (nSPS) is 12.8. The summed E-state index contributed by atoms with van der Waals surface area (Å²) >= 11 is 0. The molecule has 8 rings (SSSR count). The first-order valence-electron chi connectivity index (χ1n) is 21.6. The molecule has 0 radical (unpaired) electrons. The van der Waals surface area contributed by atoms with E-state index in [1.807, 2.05) is 6.20 Å². The predicted octanol–water partition coefficient (Wildman–Crippen LogP) is 15.0. The molecule has 0 aliphatic rings. The lowest BCUT2D eigenvalue weighted by Crippen LogP contribution is -2.18. The third kappa shape index (κ3) is 7.16. The van der Waals surface area contributed by atoms with Crippen LogP contribution >= 0.6 is 0 Å². The van der Waals surface area contributed by atoms with E-state index in [1.165, 1.54) is 27.9 Å². The zero-order valence-corrected chi connectivity index (χ0v) is 37.8. The molecule has 5 heteroatoms. The third-order valence-corrected chi connectivity index (χ3v) is 12.0. The molecule has 0 atom stereocenters. The molecule has 5 nitrogen and oxygen atoms in total. The number of phenolic OH excluding ortho intramolecular Hbond substituents is 1. The Labute approximate surface area is 356 Å². The summed E-state index contributed by atoms with van der Waals surface area (Å²) in [5.74, 6) is 1.67. The molecule has 0 aliphatic carbocycles. The van der Waals surface area contributed by atoms with Crippen LogP contribution in [0.2, 0.25) is 0 Å². The number of rotatable bonds is 6. The smallest absolute Gasteiger partial charge is 0.145 e. The minimum Gasteiger partial charge on any atom is -0.507 e. The molecule has 0 amide bonds. The lowest BCUT2D eigenvalue weighted by atomic mass is 9.78. The van der Waals surface area contributed by atoms with E-state index in [9.17, 15) is 5.11 Å². The summed E-state index contributed by atoms with van der Waals surface area (Å²) in [5.41, 5.74) is 15.1. The Hall–Kier alpha value is -5.81. The SMILES string of the molecule is CC(C)c1cc(-c2ccccc2)cc(C(C)C)c1-n1c(-c2cccc(-c3cc(C(C)(C)C)c4cnc5c(C(C)(C)C)cc(C(C)(C)C)c(O)c5c4n3)c2)nc2ccccc21. The number of fused-ring (bicyclic) bond motifs is 4. The summed E-state index contributed by atoms with van der Waals surface area (Å²) in [6.45, 7) is 29.0. The van der Waals surface area contributed by atoms with Crippen LogP contribution in [0, 0.1) is 0 Å². The fourth-order valence-corrected chi connectivity index (χ4v) is 8.82. The Morgan fingerprint density at radius 2 is 1.12 bits per heavy atom. The molecule has 0 bridgehead atoms. The number of nitrogens with zero attached hydrogens (tertiary/aromatic N) is 4. The molecule has 306 valence electrons. The van der Waals surface area contributed by atoms with Gasteiger partial charge in [0.2, 0.25) is 0 Å². The van der Waals surface area contributed by atoms with E-state index in [0.717, 1.165) is 72.2 Å². The number of pyridine rings is 2. The highest BCUT2D eigenvalue weighted by Gasteiger charge is 2.30. The van der Waals surface area contributed by atoms with Crippen LogP contribution in [0.15, 0.2) is 109 Å². The van der Waals surface area contributed by atoms with E-state index in [4.69, 9.17) is 15.0 Å². The summed E-state index contributed by atoms with van der Waals surface area (Å²) in [5, 5.41) is 13.9. The lowest BCUT2D eigenvalue weighted by molar-refractivity contribution is 0.451. The van der Waals surface area contributed by atoms with E-state index < -0.39 is 0 Å². The Morgan fingerprint density at radius 1 is 0.533 bits per heavy atom. The van der Waals surface area contributed by atoms with Crippen molar-refractivity contribution in [1.29, 1.82) is 0 Å². The van der Waals surface area contributed by atoms with Crippen molar-refractivity contribution in [1.82, 2.24) is 19.5 Å². The second kappa shape index (κ2) is 14.7. The van der Waals surface area contributed by atoms with Crippen LogP contribution in [0.25, 0.3) is 72.3 Å². The van der Waals surface area contributed by atoms with Crippen molar-refractivity contribution in [2.24, 2.45) is 0 Å². The quantitative estimate of drug-likeness (QED) is 0.170. The zero-order chi connectivity index (χ0) is 43.1. The van der Waals surface area contributed by atoms with Gasteiger partial charge in [-0.15, -0.1) is 0 Å². The van der Waals surface area contributed by atoms with Gasteiger partial charge in [-0.2, -0.15) is 0 Å². The Kier molecular flexibility index (Phi) is 10.0. The highest BCUT2D eigenvalue weighted by Crippen LogP contribution is 2.46. The van der Waals surface area contributed by atoms with E-state index in [0.29, 0.717) is 0 Å². The first-order chi connectivity index (χ1) is 28.2. The van der Waals surface area contributed by atoms with Crippen molar-refractivity contribution < 1.29 is 5.11 Å². The zero-order valence-electron chi connectivity index (χ0n) is 37.8. The van der Waals surface area contributed by atoms with Gasteiger partial charge >= 0.3 is 0 Å². The molecule has 3 aromatic heterocycles. The molecule has 0 unspecified atom stereocenters. The van der Waals surface area contributed by atoms with Crippen LogP contribution in [0.4, 0.5) is 0 Å². The maximum atomic E-state index is 12.2. The molecule has 1 N–H and O–H groups in total. The van der Waals surface area contributed by atoms with Crippen LogP contribution in [0.3, 0.4) is 0 Å². The third-order valence-electron chi connectivity index (χ3n) is 12.0. The molecule has 0 fully saturated rings. The maximum Gasteiger partial charge on any atom is 0.145 e. The van der Waals surface area contributed by atoms with Gasteiger partial charge in [0.05, 0.1) is 38.8 Å². The Bertz CT molecular complexity index is 2900. The summed E-state index contributed by atoms with van der Waals surface area (Å²) < 4.78 is 2.40. The minimum atomic E-state index is -0.294. The van der Waals surface area contributed by atoms with Crippen LogP contribution in [-0.2, 0) is 16.2 Å². The topological polar surface area (TPSA) is 63.8 Å². The van der Waals surface area contributed by atoms with E-state index >= 15 is 0 Å². The van der Waals surface area contributed by atoms with Gasteiger partial charge in [-0.3, -0.25) is 9.55 Å². The highest BCUT2D eigenvalue weighted by molar-refractivity contribution is 6.10. The van der Waals surface area contributed by atoms with Crippen molar-refractivity contribution >= 4 is 32.8 Å². The highest BCUT2D eigenvalue weighted by atomic mass is 16.3. The summed E-state index contributed by atoms with van der Waals surface area (Å²) in [6, 6.07) is 37.0. The summed E-state index contributed by atoms with van der Waals surface area (Å²) in [6.07, 6.45) is 1.97. The van der Waals surface area contributed by atoms with Crippen molar-refractivity contribution in [2.75, 3.05) is 0 Å². The van der Waals surface area contributed by atoms with Gasteiger partial charge in [-0.25, -0.2) is 9.97 Å².